The largest absolute Gasteiger partial charge is 0.484 e. The molecule has 2 aromatic rings. The highest BCUT2D eigenvalue weighted by molar-refractivity contribution is 5.95. The predicted molar refractivity (Wildman–Crippen MR) is 83.4 cm³/mol. The van der Waals surface area contributed by atoms with Crippen LogP contribution in [0.1, 0.15) is 15.9 Å². The van der Waals surface area contributed by atoms with Crippen molar-refractivity contribution in [1.82, 2.24) is 10.9 Å². The lowest BCUT2D eigenvalue weighted by Gasteiger charge is -2.05. The molecule has 0 radical (unpaired) electrons. The van der Waals surface area contributed by atoms with E-state index < -0.39 is 5.91 Å². The Labute approximate surface area is 132 Å². The molecule has 0 aliphatic heterocycles. The summed E-state index contributed by atoms with van der Waals surface area (Å²) in [6, 6.07) is 15.5. The molecular formula is C16H15N3O4. The van der Waals surface area contributed by atoms with Gasteiger partial charge in [0.15, 0.2) is 6.61 Å². The molecule has 0 aliphatic rings. The molecule has 0 aliphatic carbocycles. The number of hydrogen-bond acceptors (Lipinski definition) is 5. The third-order valence-electron chi connectivity index (χ3n) is 2.79. The van der Waals surface area contributed by atoms with Gasteiger partial charge in [0.05, 0.1) is 6.21 Å². The van der Waals surface area contributed by atoms with Gasteiger partial charge in [0, 0.05) is 5.56 Å². The van der Waals surface area contributed by atoms with E-state index in [1.54, 1.807) is 30.5 Å². The molecule has 0 spiro atoms. The van der Waals surface area contributed by atoms with Crippen molar-refractivity contribution in [3.05, 3.63) is 65.7 Å². The maximum absolute atomic E-state index is 11.9. The van der Waals surface area contributed by atoms with Crippen molar-refractivity contribution in [2.45, 2.75) is 0 Å². The maximum atomic E-state index is 11.9. The first-order chi connectivity index (χ1) is 11.2. The van der Waals surface area contributed by atoms with Gasteiger partial charge in [0.25, 0.3) is 11.8 Å². The molecule has 7 heteroatoms. The van der Waals surface area contributed by atoms with Crippen molar-refractivity contribution in [2.75, 3.05) is 6.61 Å². The number of rotatable bonds is 6. The molecule has 118 valence electrons. The van der Waals surface area contributed by atoms with E-state index in [2.05, 4.69) is 10.5 Å². The minimum atomic E-state index is -0.665. The van der Waals surface area contributed by atoms with Crippen LogP contribution >= 0.6 is 0 Å². The van der Waals surface area contributed by atoms with Gasteiger partial charge in [-0.3, -0.25) is 14.8 Å². The van der Waals surface area contributed by atoms with Crippen LogP contribution in [0, 0.1) is 0 Å². The zero-order valence-corrected chi connectivity index (χ0v) is 12.1. The highest BCUT2D eigenvalue weighted by Crippen LogP contribution is 2.12. The maximum Gasteiger partial charge on any atom is 0.281 e. The topological polar surface area (TPSA) is 100 Å². The van der Waals surface area contributed by atoms with Gasteiger partial charge in [-0.25, -0.2) is 10.9 Å². The molecule has 23 heavy (non-hydrogen) atoms. The van der Waals surface area contributed by atoms with Crippen molar-refractivity contribution in [3.8, 4) is 5.75 Å². The number of carbonyl (C=O) groups excluding carboxylic acids is 2. The first-order valence-corrected chi connectivity index (χ1v) is 6.73. The van der Waals surface area contributed by atoms with Crippen molar-refractivity contribution in [3.63, 3.8) is 0 Å². The number of nitrogens with zero attached hydrogens (tertiary/aromatic N) is 1. The van der Waals surface area contributed by atoms with Crippen molar-refractivity contribution < 1.29 is 19.5 Å². The quantitative estimate of drug-likeness (QED) is 0.425. The van der Waals surface area contributed by atoms with E-state index >= 15 is 0 Å². The normalized spacial score (nSPS) is 10.3. The second-order valence-corrected chi connectivity index (χ2v) is 4.46. The fourth-order valence-corrected chi connectivity index (χ4v) is 1.65. The van der Waals surface area contributed by atoms with Gasteiger partial charge in [-0.05, 0) is 29.8 Å². The smallest absolute Gasteiger partial charge is 0.281 e. The number of nitrogens with one attached hydrogen (secondary N) is 2. The van der Waals surface area contributed by atoms with E-state index in [1.807, 2.05) is 30.3 Å². The van der Waals surface area contributed by atoms with Crippen LogP contribution in [0.3, 0.4) is 0 Å². The van der Waals surface area contributed by atoms with Crippen molar-refractivity contribution in [2.24, 2.45) is 5.10 Å². The van der Waals surface area contributed by atoms with Gasteiger partial charge in [-0.2, -0.15) is 5.10 Å². The third-order valence-corrected chi connectivity index (χ3v) is 2.79. The molecule has 0 heterocycles. The number of hydrazone groups is 1. The minimum absolute atomic E-state index is 0.316. The molecule has 0 unspecified atom stereocenters. The van der Waals surface area contributed by atoms with Gasteiger partial charge < -0.3 is 4.74 Å². The van der Waals surface area contributed by atoms with E-state index in [0.29, 0.717) is 11.3 Å². The Morgan fingerprint density at radius 1 is 1.09 bits per heavy atom. The number of benzene rings is 2. The number of carbonyl (C=O) groups is 2. The van der Waals surface area contributed by atoms with Crippen molar-refractivity contribution >= 4 is 18.0 Å². The Morgan fingerprint density at radius 2 is 1.78 bits per heavy atom. The molecule has 0 atom stereocenters. The second kappa shape index (κ2) is 8.30. The average Bonchev–Trinajstić information content (AvgIpc) is 2.61. The van der Waals surface area contributed by atoms with Gasteiger partial charge in [0.1, 0.15) is 5.75 Å². The molecule has 0 aromatic heterocycles. The van der Waals surface area contributed by atoms with Crippen LogP contribution in [0.2, 0.25) is 0 Å². The van der Waals surface area contributed by atoms with E-state index in [-0.39, 0.29) is 12.5 Å². The second-order valence-electron chi connectivity index (χ2n) is 4.46. The summed E-state index contributed by atoms with van der Waals surface area (Å²) in [6.45, 7) is -0.316. The molecular weight excluding hydrogens is 298 g/mol. The van der Waals surface area contributed by atoms with E-state index in [9.17, 15) is 9.59 Å². The lowest BCUT2D eigenvalue weighted by atomic mass is 10.2. The van der Waals surface area contributed by atoms with Crippen LogP contribution < -0.4 is 15.6 Å². The van der Waals surface area contributed by atoms with E-state index in [1.165, 1.54) is 5.48 Å². The van der Waals surface area contributed by atoms with Crippen LogP contribution in [0.25, 0.3) is 0 Å². The molecule has 0 saturated carbocycles. The van der Waals surface area contributed by atoms with Gasteiger partial charge in [-0.15, -0.1) is 0 Å². The lowest BCUT2D eigenvalue weighted by Crippen LogP contribution is -2.25. The molecule has 3 N–H and O–H groups in total. The van der Waals surface area contributed by atoms with Crippen LogP contribution in [-0.2, 0) is 4.79 Å². The van der Waals surface area contributed by atoms with Crippen LogP contribution in [0.4, 0.5) is 0 Å². The molecule has 0 saturated heterocycles. The summed E-state index contributed by atoms with van der Waals surface area (Å²) in [5, 5.41) is 12.2. The molecule has 0 fully saturated rings. The molecule has 7 nitrogen and oxygen atoms in total. The highest BCUT2D eigenvalue weighted by Gasteiger charge is 2.05. The first kappa shape index (κ1) is 16.2. The Kier molecular flexibility index (Phi) is 5.84. The van der Waals surface area contributed by atoms with E-state index in [4.69, 9.17) is 9.94 Å². The number of ether oxygens (including phenoxy) is 1. The Morgan fingerprint density at radius 3 is 2.43 bits per heavy atom. The highest BCUT2D eigenvalue weighted by atomic mass is 16.5. The Balaban J connectivity index is 1.87. The fourth-order valence-electron chi connectivity index (χ4n) is 1.65. The standard InChI is InChI=1S/C16H15N3O4/c20-15(19-22)11-23-14-8-6-13(7-9-14)16(21)18-17-10-12-4-2-1-3-5-12/h1-10,22H,11H2,(H,18,21)(H,19,20)/b17-10+. The van der Waals surface area contributed by atoms with Crippen LogP contribution in [-0.4, -0.2) is 29.8 Å². The van der Waals surface area contributed by atoms with Crippen LogP contribution in [0.5, 0.6) is 5.75 Å². The Hall–Kier alpha value is -3.19. The summed E-state index contributed by atoms with van der Waals surface area (Å²) in [4.78, 5) is 22.7. The zero-order chi connectivity index (χ0) is 16.5. The molecule has 2 aromatic carbocycles. The van der Waals surface area contributed by atoms with Gasteiger partial charge >= 0.3 is 0 Å². The van der Waals surface area contributed by atoms with Gasteiger partial charge in [0.2, 0.25) is 0 Å². The predicted octanol–water partition coefficient (Wildman–Crippen LogP) is 1.33. The number of amides is 2. The SMILES string of the molecule is O=C(COc1ccc(C(=O)N/N=C/c2ccccc2)cc1)NO. The summed E-state index contributed by atoms with van der Waals surface area (Å²) in [7, 11) is 0. The van der Waals surface area contributed by atoms with E-state index in [0.717, 1.165) is 5.56 Å². The van der Waals surface area contributed by atoms with Crippen LogP contribution in [0.15, 0.2) is 59.7 Å². The average molecular weight is 313 g/mol. The minimum Gasteiger partial charge on any atom is -0.484 e. The Bertz CT molecular complexity index is 684. The zero-order valence-electron chi connectivity index (χ0n) is 12.1. The van der Waals surface area contributed by atoms with Crippen molar-refractivity contribution in [1.29, 1.82) is 0 Å². The lowest BCUT2D eigenvalue weighted by molar-refractivity contribution is -0.131. The number of hydroxylamine groups is 1. The summed E-state index contributed by atoms with van der Waals surface area (Å²) in [6.07, 6.45) is 1.54. The summed E-state index contributed by atoms with van der Waals surface area (Å²) < 4.78 is 5.10. The van der Waals surface area contributed by atoms with Gasteiger partial charge in [-0.1, -0.05) is 30.3 Å². The third kappa shape index (κ3) is 5.25. The fraction of sp³-hybridized carbons (Fsp3) is 0.0625. The summed E-state index contributed by atoms with van der Waals surface area (Å²) >= 11 is 0. The monoisotopic (exact) mass is 313 g/mol. The molecule has 2 rings (SSSR count). The summed E-state index contributed by atoms with van der Waals surface area (Å²) in [5.74, 6) is -0.628. The summed E-state index contributed by atoms with van der Waals surface area (Å²) in [5.41, 5.74) is 5.15. The molecule has 0 bridgehead atoms. The molecule has 2 amide bonds. The number of hydrogen-bond donors (Lipinski definition) is 3. The first-order valence-electron chi connectivity index (χ1n) is 6.73.